The van der Waals surface area contributed by atoms with E-state index in [0.717, 1.165) is 72.4 Å². The summed E-state index contributed by atoms with van der Waals surface area (Å²) in [5.74, 6) is 0. The lowest BCUT2D eigenvalue weighted by atomic mass is 9.97. The summed E-state index contributed by atoms with van der Waals surface area (Å²) in [5, 5.41) is 14.5. The number of benzene rings is 8. The van der Waals surface area contributed by atoms with Crippen LogP contribution in [0.2, 0.25) is 0 Å². The van der Waals surface area contributed by atoms with Gasteiger partial charge in [0.25, 0.3) is 0 Å². The molecule has 8 aromatic carbocycles. The molecule has 0 aliphatic rings. The number of aromatic nitrogens is 2. The number of para-hydroxylation sites is 4. The van der Waals surface area contributed by atoms with E-state index in [1.807, 2.05) is 24.3 Å². The summed E-state index contributed by atoms with van der Waals surface area (Å²) >= 11 is 0. The van der Waals surface area contributed by atoms with Crippen LogP contribution in [0.25, 0.3) is 71.0 Å². The van der Waals surface area contributed by atoms with Crippen molar-refractivity contribution in [1.82, 2.24) is 9.13 Å². The molecule has 2 heterocycles. The third-order valence-corrected chi connectivity index (χ3v) is 10.5. The molecule has 0 atom stereocenters. The molecule has 0 aliphatic heterocycles. The number of anilines is 3. The van der Waals surface area contributed by atoms with E-state index in [9.17, 15) is 5.26 Å². The van der Waals surface area contributed by atoms with Gasteiger partial charge in [0.15, 0.2) is 5.69 Å². The van der Waals surface area contributed by atoms with Crippen LogP contribution in [0.5, 0.6) is 0 Å². The van der Waals surface area contributed by atoms with E-state index in [1.54, 1.807) is 6.07 Å². The lowest BCUT2D eigenvalue weighted by Gasteiger charge is -2.25. The highest BCUT2D eigenvalue weighted by Gasteiger charge is 2.21. The van der Waals surface area contributed by atoms with E-state index < -0.39 is 0 Å². The van der Waals surface area contributed by atoms with Crippen molar-refractivity contribution in [2.75, 3.05) is 4.90 Å². The Balaban J connectivity index is 1.28. The second-order valence-electron chi connectivity index (χ2n) is 13.6. The van der Waals surface area contributed by atoms with Crippen molar-refractivity contribution >= 4 is 66.4 Å². The first-order chi connectivity index (χ1) is 27.2. The second kappa shape index (κ2) is 13.0. The topological polar surface area (TPSA) is 41.2 Å². The summed E-state index contributed by atoms with van der Waals surface area (Å²) in [5.41, 5.74) is 12.4. The van der Waals surface area contributed by atoms with Crippen molar-refractivity contribution in [3.63, 3.8) is 0 Å². The number of nitriles is 1. The fraction of sp³-hybridized carbons (Fsp3) is 0. The van der Waals surface area contributed by atoms with Crippen LogP contribution >= 0.6 is 0 Å². The van der Waals surface area contributed by atoms with Crippen LogP contribution in [-0.2, 0) is 0 Å². The maximum absolute atomic E-state index is 9.98. The highest BCUT2D eigenvalue weighted by atomic mass is 15.1. The number of nitrogens with zero attached hydrogens (tertiary/aromatic N) is 5. The summed E-state index contributed by atoms with van der Waals surface area (Å²) in [4.78, 5) is 6.01. The molecule has 0 aliphatic carbocycles. The summed E-state index contributed by atoms with van der Waals surface area (Å²) < 4.78 is 4.54. The van der Waals surface area contributed by atoms with Gasteiger partial charge >= 0.3 is 0 Å². The highest BCUT2D eigenvalue weighted by molar-refractivity contribution is 6.18. The molecule has 10 rings (SSSR count). The average Bonchev–Trinajstić information content (AvgIpc) is 3.77. The zero-order chi connectivity index (χ0) is 36.9. The molecule has 0 amide bonds. The fourth-order valence-electron chi connectivity index (χ4n) is 8.17. The Hall–Kier alpha value is -7.86. The zero-order valence-corrected chi connectivity index (χ0v) is 29.6. The molecule has 2 aromatic heterocycles. The lowest BCUT2D eigenvalue weighted by Crippen LogP contribution is -2.09. The van der Waals surface area contributed by atoms with Gasteiger partial charge in [-0.1, -0.05) is 91.0 Å². The summed E-state index contributed by atoms with van der Waals surface area (Å²) in [6, 6.07) is 67.5. The van der Waals surface area contributed by atoms with Gasteiger partial charge in [-0.3, -0.25) is 0 Å². The van der Waals surface area contributed by atoms with Gasteiger partial charge in [-0.25, -0.2) is 4.85 Å². The number of fused-ring (bicyclic) bond motifs is 6. The van der Waals surface area contributed by atoms with Crippen molar-refractivity contribution in [3.8, 4) is 28.6 Å². The first kappa shape index (κ1) is 31.8. The minimum absolute atomic E-state index is 0.427. The minimum Gasteiger partial charge on any atom is -0.310 e. The van der Waals surface area contributed by atoms with Crippen LogP contribution in [0.15, 0.2) is 188 Å². The third kappa shape index (κ3) is 5.23. The van der Waals surface area contributed by atoms with Gasteiger partial charge in [-0.05, 0) is 108 Å². The molecule has 10 aromatic rings. The van der Waals surface area contributed by atoms with Crippen LogP contribution in [0.1, 0.15) is 5.56 Å². The van der Waals surface area contributed by atoms with E-state index in [4.69, 9.17) is 6.57 Å². The van der Waals surface area contributed by atoms with Crippen molar-refractivity contribution in [2.45, 2.75) is 0 Å². The van der Waals surface area contributed by atoms with Crippen LogP contribution in [0.3, 0.4) is 0 Å². The average molecular weight is 702 g/mol. The Bertz CT molecular complexity index is 3090. The second-order valence-corrected chi connectivity index (χ2v) is 13.6. The predicted molar refractivity (Wildman–Crippen MR) is 226 cm³/mol. The first-order valence-corrected chi connectivity index (χ1v) is 18.2. The van der Waals surface area contributed by atoms with Crippen molar-refractivity contribution in [1.29, 1.82) is 5.26 Å². The molecule has 5 nitrogen and oxygen atoms in total. The fourth-order valence-corrected chi connectivity index (χ4v) is 8.17. The Labute approximate surface area is 318 Å². The Morgan fingerprint density at radius 3 is 1.82 bits per heavy atom. The summed E-state index contributed by atoms with van der Waals surface area (Å²) in [6.45, 7) is 7.83. The Morgan fingerprint density at radius 2 is 1.09 bits per heavy atom. The van der Waals surface area contributed by atoms with E-state index in [1.165, 1.54) is 10.8 Å². The van der Waals surface area contributed by atoms with Gasteiger partial charge in [0.2, 0.25) is 0 Å². The van der Waals surface area contributed by atoms with E-state index in [-0.39, 0.29) is 0 Å². The van der Waals surface area contributed by atoms with Crippen molar-refractivity contribution < 1.29 is 0 Å². The standard InChI is InChI=1S/C50H31N5/c1-52-36-28-34(33-51)29-41(31-36)55-48-27-25-40(53(37-14-5-2-6-15-37)38-16-7-3-8-17-38)32-45(48)50-42(21-13-23-49(50)55)35-24-26-47-44(30-35)43-20-11-12-22-46(43)54(47)39-18-9-4-10-19-39/h2-32H. The molecule has 0 unspecified atom stereocenters. The van der Waals surface area contributed by atoms with Crippen molar-refractivity contribution in [2.24, 2.45) is 0 Å². The maximum atomic E-state index is 9.98. The molecule has 5 heteroatoms. The van der Waals surface area contributed by atoms with E-state index in [0.29, 0.717) is 11.3 Å². The first-order valence-electron chi connectivity index (χ1n) is 18.2. The number of rotatable bonds is 6. The molecule has 0 fully saturated rings. The van der Waals surface area contributed by atoms with E-state index in [2.05, 4.69) is 183 Å². The van der Waals surface area contributed by atoms with Gasteiger partial charge in [-0.2, -0.15) is 5.26 Å². The molecular formula is C50H31N5. The predicted octanol–water partition coefficient (Wildman–Crippen LogP) is 13.4. The van der Waals surface area contributed by atoms with Crippen LogP contribution < -0.4 is 4.90 Å². The van der Waals surface area contributed by atoms with Gasteiger partial charge < -0.3 is 14.0 Å². The van der Waals surface area contributed by atoms with Gasteiger partial charge in [0.1, 0.15) is 0 Å². The largest absolute Gasteiger partial charge is 0.310 e. The molecule has 0 spiro atoms. The summed E-state index contributed by atoms with van der Waals surface area (Å²) in [6.07, 6.45) is 0. The van der Waals surface area contributed by atoms with Crippen LogP contribution in [0.4, 0.5) is 22.7 Å². The molecule has 256 valence electrons. The van der Waals surface area contributed by atoms with Gasteiger partial charge in [0, 0.05) is 55.5 Å². The minimum atomic E-state index is 0.427. The lowest BCUT2D eigenvalue weighted by molar-refractivity contribution is 1.18. The SMILES string of the molecule is [C-]#[N+]c1cc(C#N)cc(-n2c3ccc(N(c4ccccc4)c4ccccc4)cc3c3c(-c4ccc5c(c4)c4ccccc4n5-c4ccccc4)cccc32)c1. The highest BCUT2D eigenvalue weighted by Crippen LogP contribution is 2.44. The molecule has 0 radical (unpaired) electrons. The molecule has 0 saturated carbocycles. The maximum Gasteiger partial charge on any atom is 0.190 e. The smallest absolute Gasteiger partial charge is 0.190 e. The summed E-state index contributed by atoms with van der Waals surface area (Å²) in [7, 11) is 0. The van der Waals surface area contributed by atoms with Crippen LogP contribution in [-0.4, -0.2) is 9.13 Å². The van der Waals surface area contributed by atoms with Gasteiger partial charge in [0.05, 0.1) is 34.7 Å². The number of hydrogen-bond donors (Lipinski definition) is 0. The molecule has 0 saturated heterocycles. The molecular weight excluding hydrogens is 671 g/mol. The number of hydrogen-bond acceptors (Lipinski definition) is 2. The van der Waals surface area contributed by atoms with Crippen molar-refractivity contribution in [3.05, 3.63) is 205 Å². The third-order valence-electron chi connectivity index (χ3n) is 10.5. The Morgan fingerprint density at radius 1 is 0.473 bits per heavy atom. The monoisotopic (exact) mass is 701 g/mol. The van der Waals surface area contributed by atoms with E-state index >= 15 is 0 Å². The molecule has 0 N–H and O–H groups in total. The molecule has 55 heavy (non-hydrogen) atoms. The van der Waals surface area contributed by atoms with Crippen LogP contribution in [0, 0.1) is 17.9 Å². The van der Waals surface area contributed by atoms with Gasteiger partial charge in [-0.15, -0.1) is 0 Å². The normalized spacial score (nSPS) is 11.2. The molecule has 0 bridgehead atoms. The quantitative estimate of drug-likeness (QED) is 0.162. The Kier molecular flexibility index (Phi) is 7.51. The zero-order valence-electron chi connectivity index (χ0n) is 29.6.